The number of ether oxygens (including phenoxy) is 2. The number of hydrogen-bond acceptors (Lipinski definition) is 6. The lowest BCUT2D eigenvalue weighted by Crippen LogP contribution is -2.44. The molecule has 0 radical (unpaired) electrons. The molecule has 0 aliphatic carbocycles. The van der Waals surface area contributed by atoms with Crippen LogP contribution in [0.3, 0.4) is 0 Å². The molecule has 4 atom stereocenters. The van der Waals surface area contributed by atoms with E-state index in [9.17, 15) is 9.59 Å². The molecule has 30 heavy (non-hydrogen) atoms. The SMILES string of the molecule is COc1ccc(CCNC(=O)C2C3C(=O)N(c4cc(C)on4)CC34C=C[C@H]2O4)cc1. The van der Waals surface area contributed by atoms with Crippen LogP contribution in [0.25, 0.3) is 0 Å². The zero-order valence-corrected chi connectivity index (χ0v) is 16.8. The third-order valence-electron chi connectivity index (χ3n) is 6.17. The monoisotopic (exact) mass is 409 g/mol. The van der Waals surface area contributed by atoms with Crippen molar-refractivity contribution in [1.82, 2.24) is 10.5 Å². The number of amides is 2. The summed E-state index contributed by atoms with van der Waals surface area (Å²) in [6, 6.07) is 9.46. The minimum Gasteiger partial charge on any atom is -0.497 e. The van der Waals surface area contributed by atoms with Gasteiger partial charge in [0.05, 0.1) is 31.6 Å². The fraction of sp³-hybridized carbons (Fsp3) is 0.409. The molecule has 5 rings (SSSR count). The van der Waals surface area contributed by atoms with Gasteiger partial charge in [0, 0.05) is 12.6 Å². The first-order valence-corrected chi connectivity index (χ1v) is 10.0. The highest BCUT2D eigenvalue weighted by atomic mass is 16.5. The number of carbonyl (C=O) groups excluding carboxylic acids is 2. The van der Waals surface area contributed by atoms with E-state index in [1.165, 1.54) is 0 Å². The number of hydrogen-bond donors (Lipinski definition) is 1. The quantitative estimate of drug-likeness (QED) is 0.729. The van der Waals surface area contributed by atoms with Gasteiger partial charge < -0.3 is 19.3 Å². The van der Waals surface area contributed by atoms with E-state index in [0.29, 0.717) is 31.1 Å². The van der Waals surface area contributed by atoms with Crippen molar-refractivity contribution in [2.75, 3.05) is 25.1 Å². The molecule has 3 unspecified atom stereocenters. The van der Waals surface area contributed by atoms with Crippen molar-refractivity contribution in [2.24, 2.45) is 11.8 Å². The molecule has 2 fully saturated rings. The number of aromatic nitrogens is 1. The standard InChI is InChI=1S/C22H23N3O5/c1-13-11-17(24-30-13)25-12-22-9-7-16(29-22)18(19(22)21(25)27)20(26)23-10-8-14-3-5-15(28-2)6-4-14/h3-7,9,11,16,18-19H,8,10,12H2,1-2H3,(H,23,26)/t16-,18?,19?,22?/m1/s1. The van der Waals surface area contributed by atoms with Crippen LogP contribution < -0.4 is 15.0 Å². The lowest BCUT2D eigenvalue weighted by Gasteiger charge is -2.23. The zero-order chi connectivity index (χ0) is 20.9. The lowest BCUT2D eigenvalue weighted by atomic mass is 9.77. The number of nitrogens with zero attached hydrogens (tertiary/aromatic N) is 2. The highest BCUT2D eigenvalue weighted by Crippen LogP contribution is 2.52. The van der Waals surface area contributed by atoms with Crippen molar-refractivity contribution in [1.29, 1.82) is 0 Å². The Labute approximate surface area is 173 Å². The normalized spacial score (nSPS) is 28.8. The summed E-state index contributed by atoms with van der Waals surface area (Å²) in [6.45, 7) is 2.60. The summed E-state index contributed by atoms with van der Waals surface area (Å²) >= 11 is 0. The average molecular weight is 409 g/mol. The molecule has 1 aromatic carbocycles. The van der Waals surface area contributed by atoms with Crippen LogP contribution >= 0.6 is 0 Å². The first-order valence-electron chi connectivity index (χ1n) is 10.0. The Bertz CT molecular complexity index is 1010. The summed E-state index contributed by atoms with van der Waals surface area (Å²) in [7, 11) is 1.63. The maximum absolute atomic E-state index is 13.2. The summed E-state index contributed by atoms with van der Waals surface area (Å²) in [5, 5.41) is 6.95. The number of fused-ring (bicyclic) bond motifs is 1. The van der Waals surface area contributed by atoms with E-state index in [1.54, 1.807) is 25.0 Å². The summed E-state index contributed by atoms with van der Waals surface area (Å²) in [4.78, 5) is 27.8. The molecule has 2 saturated heterocycles. The minimum atomic E-state index is -0.771. The number of anilines is 1. The van der Waals surface area contributed by atoms with Gasteiger partial charge in [-0.1, -0.05) is 29.4 Å². The Kier molecular flexibility index (Phi) is 4.39. The Hall–Kier alpha value is -3.13. The molecule has 3 aliphatic heterocycles. The van der Waals surface area contributed by atoms with E-state index in [-0.39, 0.29) is 17.9 Å². The number of nitrogens with one attached hydrogen (secondary N) is 1. The molecular formula is C22H23N3O5. The molecule has 156 valence electrons. The van der Waals surface area contributed by atoms with E-state index >= 15 is 0 Å². The number of carbonyl (C=O) groups is 2. The Morgan fingerprint density at radius 3 is 2.87 bits per heavy atom. The Morgan fingerprint density at radius 1 is 1.37 bits per heavy atom. The maximum atomic E-state index is 13.2. The summed E-state index contributed by atoms with van der Waals surface area (Å²) in [5.41, 5.74) is 0.327. The van der Waals surface area contributed by atoms with Gasteiger partial charge in [-0.25, -0.2) is 0 Å². The Morgan fingerprint density at radius 2 is 2.17 bits per heavy atom. The largest absolute Gasteiger partial charge is 0.497 e. The summed E-state index contributed by atoms with van der Waals surface area (Å²) in [5.74, 6) is 0.482. The topological polar surface area (TPSA) is 93.9 Å². The van der Waals surface area contributed by atoms with E-state index in [1.807, 2.05) is 36.4 Å². The van der Waals surface area contributed by atoms with Crippen molar-refractivity contribution < 1.29 is 23.6 Å². The first-order chi connectivity index (χ1) is 14.5. The Balaban J connectivity index is 1.27. The van der Waals surface area contributed by atoms with Crippen molar-refractivity contribution in [2.45, 2.75) is 25.0 Å². The summed E-state index contributed by atoms with van der Waals surface area (Å²) < 4.78 is 16.4. The van der Waals surface area contributed by atoms with Gasteiger partial charge in [-0.3, -0.25) is 14.5 Å². The highest BCUT2D eigenvalue weighted by Gasteiger charge is 2.67. The van der Waals surface area contributed by atoms with Crippen molar-refractivity contribution in [3.8, 4) is 5.75 Å². The molecule has 3 aliphatic rings. The van der Waals surface area contributed by atoms with Crippen LogP contribution in [-0.2, 0) is 20.7 Å². The molecule has 0 saturated carbocycles. The van der Waals surface area contributed by atoms with Gasteiger partial charge in [-0.15, -0.1) is 0 Å². The fourth-order valence-corrected chi connectivity index (χ4v) is 4.71. The first kappa shape index (κ1) is 18.9. The molecule has 1 N–H and O–H groups in total. The van der Waals surface area contributed by atoms with Gasteiger partial charge in [-0.2, -0.15) is 0 Å². The molecule has 2 aromatic rings. The zero-order valence-electron chi connectivity index (χ0n) is 16.8. The number of aryl methyl sites for hydroxylation is 1. The molecule has 2 amide bonds. The molecule has 4 heterocycles. The van der Waals surface area contributed by atoms with Crippen LogP contribution in [0.4, 0.5) is 5.82 Å². The predicted octanol–water partition coefficient (Wildman–Crippen LogP) is 1.64. The average Bonchev–Trinajstić information content (AvgIpc) is 3.49. The molecule has 1 aromatic heterocycles. The van der Waals surface area contributed by atoms with Crippen LogP contribution in [0.5, 0.6) is 5.75 Å². The van der Waals surface area contributed by atoms with E-state index in [4.69, 9.17) is 14.0 Å². The predicted molar refractivity (Wildman–Crippen MR) is 107 cm³/mol. The van der Waals surface area contributed by atoms with Crippen LogP contribution in [0.15, 0.2) is 47.0 Å². The molecule has 8 nitrogen and oxygen atoms in total. The minimum absolute atomic E-state index is 0.148. The maximum Gasteiger partial charge on any atom is 0.235 e. The smallest absolute Gasteiger partial charge is 0.235 e. The molecule has 8 heteroatoms. The van der Waals surface area contributed by atoms with E-state index < -0.39 is 17.4 Å². The van der Waals surface area contributed by atoms with Gasteiger partial charge in [-0.05, 0) is 31.0 Å². The number of methoxy groups -OCH3 is 1. The van der Waals surface area contributed by atoms with Crippen molar-refractivity contribution in [3.05, 3.63) is 53.8 Å². The van der Waals surface area contributed by atoms with Crippen LogP contribution in [0.1, 0.15) is 11.3 Å². The summed E-state index contributed by atoms with van der Waals surface area (Å²) in [6.07, 6.45) is 4.14. The second-order valence-corrected chi connectivity index (χ2v) is 8.01. The lowest BCUT2D eigenvalue weighted by molar-refractivity contribution is -0.131. The number of rotatable bonds is 6. The third-order valence-corrected chi connectivity index (χ3v) is 6.17. The highest BCUT2D eigenvalue weighted by molar-refractivity contribution is 6.02. The second kappa shape index (κ2) is 6.98. The van der Waals surface area contributed by atoms with Gasteiger partial charge in [0.2, 0.25) is 11.8 Å². The van der Waals surface area contributed by atoms with Gasteiger partial charge in [0.25, 0.3) is 0 Å². The van der Waals surface area contributed by atoms with Gasteiger partial charge in [0.15, 0.2) is 5.82 Å². The van der Waals surface area contributed by atoms with Crippen LogP contribution in [-0.4, -0.2) is 48.9 Å². The van der Waals surface area contributed by atoms with Crippen molar-refractivity contribution in [3.63, 3.8) is 0 Å². The van der Waals surface area contributed by atoms with Gasteiger partial charge >= 0.3 is 0 Å². The number of benzene rings is 1. The van der Waals surface area contributed by atoms with E-state index in [2.05, 4.69) is 10.5 Å². The molecular weight excluding hydrogens is 386 g/mol. The van der Waals surface area contributed by atoms with Crippen molar-refractivity contribution >= 4 is 17.6 Å². The molecule has 2 bridgehead atoms. The molecule has 1 spiro atoms. The third kappa shape index (κ3) is 2.90. The fourth-order valence-electron chi connectivity index (χ4n) is 4.71. The second-order valence-electron chi connectivity index (χ2n) is 8.01. The van der Waals surface area contributed by atoms with Gasteiger partial charge in [0.1, 0.15) is 17.1 Å². The van der Waals surface area contributed by atoms with E-state index in [0.717, 1.165) is 11.3 Å². The van der Waals surface area contributed by atoms with Crippen LogP contribution in [0, 0.1) is 18.8 Å². The van der Waals surface area contributed by atoms with Crippen LogP contribution in [0.2, 0.25) is 0 Å².